The number of ether oxygens (including phenoxy) is 1. The molecule has 0 spiro atoms. The Bertz CT molecular complexity index is 959. The molecule has 1 fully saturated rings. The predicted molar refractivity (Wildman–Crippen MR) is 115 cm³/mol. The van der Waals surface area contributed by atoms with E-state index >= 15 is 0 Å². The largest absolute Gasteiger partial charge is 0.456 e. The summed E-state index contributed by atoms with van der Waals surface area (Å²) in [7, 11) is 0. The van der Waals surface area contributed by atoms with Crippen LogP contribution in [0.25, 0.3) is 11.0 Å². The molecule has 6 nitrogen and oxygen atoms in total. The molecule has 0 bridgehead atoms. The highest BCUT2D eigenvalue weighted by atomic mass is 16.5. The van der Waals surface area contributed by atoms with Crippen molar-refractivity contribution in [1.29, 1.82) is 0 Å². The maximum atomic E-state index is 11.9. The van der Waals surface area contributed by atoms with Crippen molar-refractivity contribution >= 4 is 22.6 Å². The molecular formula is C23H28N4O2. The molecule has 1 aliphatic carbocycles. The summed E-state index contributed by atoms with van der Waals surface area (Å²) in [6.07, 6.45) is 9.89. The first kappa shape index (κ1) is 19.4. The maximum Gasteiger partial charge on any atom is 0.161 e. The van der Waals surface area contributed by atoms with E-state index < -0.39 is 0 Å². The van der Waals surface area contributed by atoms with Crippen molar-refractivity contribution in [1.82, 2.24) is 15.2 Å². The number of aromatic nitrogens is 3. The molecule has 2 N–H and O–H groups in total. The highest BCUT2D eigenvalue weighted by Crippen LogP contribution is 2.34. The second kappa shape index (κ2) is 9.07. The van der Waals surface area contributed by atoms with E-state index in [0.717, 1.165) is 34.7 Å². The van der Waals surface area contributed by atoms with Gasteiger partial charge in [-0.2, -0.15) is 5.10 Å². The third-order valence-electron chi connectivity index (χ3n) is 5.45. The van der Waals surface area contributed by atoms with E-state index in [9.17, 15) is 4.79 Å². The van der Waals surface area contributed by atoms with Crippen LogP contribution < -0.4 is 10.1 Å². The van der Waals surface area contributed by atoms with Crippen molar-refractivity contribution in [3.8, 4) is 11.5 Å². The van der Waals surface area contributed by atoms with Gasteiger partial charge in [-0.1, -0.05) is 38.3 Å². The maximum absolute atomic E-state index is 11.9. The molecule has 2 heterocycles. The van der Waals surface area contributed by atoms with E-state index in [-0.39, 0.29) is 5.78 Å². The van der Waals surface area contributed by atoms with Crippen LogP contribution in [0.2, 0.25) is 0 Å². The Morgan fingerprint density at radius 3 is 2.72 bits per heavy atom. The van der Waals surface area contributed by atoms with E-state index in [1.54, 1.807) is 6.20 Å². The number of hydrogen-bond acceptors (Lipinski definition) is 5. The molecule has 0 aliphatic heterocycles. The fourth-order valence-electron chi connectivity index (χ4n) is 3.95. The first-order chi connectivity index (χ1) is 14.2. The molecule has 0 radical (unpaired) electrons. The van der Waals surface area contributed by atoms with Gasteiger partial charge in [-0.25, -0.2) is 4.98 Å². The number of anilines is 1. The fraction of sp³-hybridized carbons (Fsp3) is 0.435. The van der Waals surface area contributed by atoms with Gasteiger partial charge in [0.05, 0.1) is 0 Å². The molecule has 2 aromatic heterocycles. The number of rotatable bonds is 8. The lowest BCUT2D eigenvalue weighted by atomic mass is 9.95. The number of nitrogens with one attached hydrogen (secondary N) is 2. The summed E-state index contributed by atoms with van der Waals surface area (Å²) in [6, 6.07) is 10.0. The van der Waals surface area contributed by atoms with Crippen molar-refractivity contribution < 1.29 is 9.53 Å². The average molecular weight is 393 g/mol. The molecule has 3 aromatic rings. The van der Waals surface area contributed by atoms with Crippen molar-refractivity contribution in [3.63, 3.8) is 0 Å². The van der Waals surface area contributed by atoms with Crippen LogP contribution in [0, 0.1) is 0 Å². The van der Waals surface area contributed by atoms with E-state index in [4.69, 9.17) is 4.74 Å². The van der Waals surface area contributed by atoms with Crippen molar-refractivity contribution in [3.05, 3.63) is 42.1 Å². The number of aromatic amines is 1. The van der Waals surface area contributed by atoms with E-state index in [1.165, 1.54) is 32.1 Å². The standard InChI is InChI=1S/C23H28N4O2/c1-2-6-18(28)15-16-9-11-19(12-10-16)29-20-13-14-24-22-21(20)23(27-26-22)25-17-7-4-3-5-8-17/h9-14,17H,2-8,15H2,1H3,(H2,24,25,26,27). The van der Waals surface area contributed by atoms with Gasteiger partial charge in [0.2, 0.25) is 0 Å². The Morgan fingerprint density at radius 2 is 1.97 bits per heavy atom. The van der Waals surface area contributed by atoms with Crippen LogP contribution in [-0.4, -0.2) is 27.0 Å². The smallest absolute Gasteiger partial charge is 0.161 e. The molecule has 1 aliphatic rings. The van der Waals surface area contributed by atoms with E-state index in [2.05, 4.69) is 20.5 Å². The second-order valence-electron chi connectivity index (χ2n) is 7.80. The zero-order chi connectivity index (χ0) is 20.1. The summed E-state index contributed by atoms with van der Waals surface area (Å²) in [5, 5.41) is 11.9. The molecule has 0 saturated heterocycles. The summed E-state index contributed by atoms with van der Waals surface area (Å²) >= 11 is 0. The number of Topliss-reactive ketones (excluding diaryl/α,β-unsaturated/α-hetero) is 1. The molecule has 0 amide bonds. The van der Waals surface area contributed by atoms with Gasteiger partial charge in [0, 0.05) is 31.1 Å². The zero-order valence-electron chi connectivity index (χ0n) is 16.9. The van der Waals surface area contributed by atoms with Crippen molar-refractivity contribution in [2.45, 2.75) is 64.3 Å². The predicted octanol–water partition coefficient (Wildman–Crippen LogP) is 5.41. The van der Waals surface area contributed by atoms with Gasteiger partial charge in [0.25, 0.3) is 0 Å². The Balaban J connectivity index is 1.51. The number of nitrogens with zero attached hydrogens (tertiary/aromatic N) is 2. The average Bonchev–Trinajstić information content (AvgIpc) is 3.14. The number of hydrogen-bond donors (Lipinski definition) is 2. The van der Waals surface area contributed by atoms with Gasteiger partial charge in [-0.3, -0.25) is 9.89 Å². The minimum atomic E-state index is 0.272. The van der Waals surface area contributed by atoms with Crippen LogP contribution in [0.3, 0.4) is 0 Å². The van der Waals surface area contributed by atoms with E-state index in [0.29, 0.717) is 24.5 Å². The number of H-pyrrole nitrogens is 1. The third kappa shape index (κ3) is 4.75. The lowest BCUT2D eigenvalue weighted by Gasteiger charge is -2.22. The molecule has 6 heteroatoms. The number of pyridine rings is 1. The van der Waals surface area contributed by atoms with E-state index in [1.807, 2.05) is 37.3 Å². The van der Waals surface area contributed by atoms with Gasteiger partial charge in [-0.05, 0) is 37.0 Å². The topological polar surface area (TPSA) is 79.9 Å². The van der Waals surface area contributed by atoms with Crippen LogP contribution in [0.5, 0.6) is 11.5 Å². The summed E-state index contributed by atoms with van der Waals surface area (Å²) < 4.78 is 6.16. The highest BCUT2D eigenvalue weighted by Gasteiger charge is 2.18. The summed E-state index contributed by atoms with van der Waals surface area (Å²) in [5.74, 6) is 2.52. The third-order valence-corrected chi connectivity index (χ3v) is 5.45. The number of fused-ring (bicyclic) bond motifs is 1. The van der Waals surface area contributed by atoms with Gasteiger partial charge in [0.15, 0.2) is 11.5 Å². The Labute approximate surface area is 171 Å². The Kier molecular flexibility index (Phi) is 6.08. The second-order valence-corrected chi connectivity index (χ2v) is 7.80. The summed E-state index contributed by atoms with van der Waals surface area (Å²) in [4.78, 5) is 16.2. The van der Waals surface area contributed by atoms with Crippen molar-refractivity contribution in [2.24, 2.45) is 0 Å². The highest BCUT2D eigenvalue weighted by molar-refractivity contribution is 5.93. The minimum absolute atomic E-state index is 0.272. The fourth-order valence-corrected chi connectivity index (χ4v) is 3.95. The van der Waals surface area contributed by atoms with Crippen LogP contribution in [0.1, 0.15) is 57.4 Å². The lowest BCUT2D eigenvalue weighted by Crippen LogP contribution is -2.22. The quantitative estimate of drug-likeness (QED) is 0.536. The van der Waals surface area contributed by atoms with Gasteiger partial charge >= 0.3 is 0 Å². The van der Waals surface area contributed by atoms with Crippen LogP contribution in [0.4, 0.5) is 5.82 Å². The molecular weight excluding hydrogens is 364 g/mol. The van der Waals surface area contributed by atoms with Gasteiger partial charge < -0.3 is 10.1 Å². The normalized spacial score (nSPS) is 14.8. The number of ketones is 1. The SMILES string of the molecule is CCCC(=O)Cc1ccc(Oc2ccnc3[nH]nc(NC4CCCCC4)c23)cc1. The number of carbonyl (C=O) groups is 1. The molecule has 1 saturated carbocycles. The van der Waals surface area contributed by atoms with Crippen LogP contribution >= 0.6 is 0 Å². The number of benzene rings is 1. The Morgan fingerprint density at radius 1 is 1.17 bits per heavy atom. The molecule has 152 valence electrons. The monoisotopic (exact) mass is 392 g/mol. The molecule has 0 unspecified atom stereocenters. The van der Waals surface area contributed by atoms with Gasteiger partial charge in [0.1, 0.15) is 22.7 Å². The van der Waals surface area contributed by atoms with Crippen LogP contribution in [0.15, 0.2) is 36.5 Å². The zero-order valence-corrected chi connectivity index (χ0v) is 16.9. The lowest BCUT2D eigenvalue weighted by molar-refractivity contribution is -0.118. The first-order valence-electron chi connectivity index (χ1n) is 10.6. The molecule has 0 atom stereocenters. The van der Waals surface area contributed by atoms with Crippen LogP contribution in [-0.2, 0) is 11.2 Å². The summed E-state index contributed by atoms with van der Waals surface area (Å²) in [5.41, 5.74) is 1.72. The van der Waals surface area contributed by atoms with Gasteiger partial charge in [-0.15, -0.1) is 0 Å². The minimum Gasteiger partial charge on any atom is -0.456 e. The molecule has 4 rings (SSSR count). The first-order valence-corrected chi connectivity index (χ1v) is 10.6. The Hall–Kier alpha value is -2.89. The number of carbonyl (C=O) groups excluding carboxylic acids is 1. The summed E-state index contributed by atoms with van der Waals surface area (Å²) in [6.45, 7) is 2.03. The molecule has 1 aromatic carbocycles. The van der Waals surface area contributed by atoms with Crippen molar-refractivity contribution in [2.75, 3.05) is 5.32 Å². The molecule has 29 heavy (non-hydrogen) atoms.